The maximum atomic E-state index is 13.0. The summed E-state index contributed by atoms with van der Waals surface area (Å²) in [4.78, 5) is 15.1. The molecule has 27 heavy (non-hydrogen) atoms. The van der Waals surface area contributed by atoms with Crippen LogP contribution < -0.4 is 5.32 Å². The predicted molar refractivity (Wildman–Crippen MR) is 103 cm³/mol. The lowest BCUT2D eigenvalue weighted by Crippen LogP contribution is -2.38. The molecule has 140 valence electrons. The first kappa shape index (κ1) is 17.7. The van der Waals surface area contributed by atoms with Crippen LogP contribution in [0.15, 0.2) is 48.5 Å². The zero-order chi connectivity index (χ0) is 18.8. The molecule has 1 aromatic heterocycles. The highest BCUT2D eigenvalue weighted by Crippen LogP contribution is 2.18. The van der Waals surface area contributed by atoms with E-state index in [0.717, 1.165) is 48.9 Å². The normalized spacial score (nSPS) is 17.5. The monoisotopic (exact) mass is 366 g/mol. The molecule has 1 atom stereocenters. The Labute approximate surface area is 157 Å². The molecule has 2 heterocycles. The molecule has 0 saturated carbocycles. The number of halogens is 1. The summed E-state index contributed by atoms with van der Waals surface area (Å²) in [5.74, 6) is -0.276. The first-order valence-electron chi connectivity index (χ1n) is 9.29. The van der Waals surface area contributed by atoms with E-state index < -0.39 is 0 Å². The van der Waals surface area contributed by atoms with Crippen molar-refractivity contribution >= 4 is 16.8 Å². The Morgan fingerprint density at radius 1 is 1.22 bits per heavy atom. The summed E-state index contributed by atoms with van der Waals surface area (Å²) in [6, 6.07) is 14.5. The molecule has 0 spiro atoms. The number of hydrogen-bond acceptors (Lipinski definition) is 3. The second-order valence-electron chi connectivity index (χ2n) is 7.13. The van der Waals surface area contributed by atoms with Crippen LogP contribution in [0, 0.1) is 5.82 Å². The first-order valence-corrected chi connectivity index (χ1v) is 9.29. The van der Waals surface area contributed by atoms with Gasteiger partial charge in [-0.3, -0.25) is 9.48 Å². The molecule has 0 bridgehead atoms. The maximum absolute atomic E-state index is 13.0. The van der Waals surface area contributed by atoms with Gasteiger partial charge in [0.05, 0.1) is 5.52 Å². The van der Waals surface area contributed by atoms with Crippen molar-refractivity contribution < 1.29 is 9.18 Å². The molecule has 3 aromatic rings. The molecule has 4 rings (SSSR count). The Morgan fingerprint density at radius 3 is 2.81 bits per heavy atom. The number of nitrogens with one attached hydrogen (secondary N) is 1. The number of amides is 1. The lowest BCUT2D eigenvalue weighted by Gasteiger charge is -2.17. The largest absolute Gasteiger partial charge is 0.347 e. The van der Waals surface area contributed by atoms with Crippen LogP contribution in [-0.2, 0) is 13.5 Å². The van der Waals surface area contributed by atoms with Gasteiger partial charge >= 0.3 is 0 Å². The Balaban J connectivity index is 1.34. The van der Waals surface area contributed by atoms with Gasteiger partial charge in [-0.05, 0) is 36.6 Å². The van der Waals surface area contributed by atoms with Crippen molar-refractivity contribution in [2.24, 2.45) is 7.05 Å². The standard InChI is InChI=1S/C21H23FN4O/c1-25-20(18-4-2-3-5-19(18)24-25)21(27)23-17-11-13-26(14-17)12-10-15-6-8-16(22)9-7-15/h2-9,17H,10-14H2,1H3,(H,23,27). The topological polar surface area (TPSA) is 50.2 Å². The van der Waals surface area contributed by atoms with Crippen molar-refractivity contribution in [1.82, 2.24) is 20.0 Å². The Hall–Kier alpha value is -2.73. The van der Waals surface area contributed by atoms with E-state index in [0.29, 0.717) is 5.69 Å². The number of likely N-dealkylation sites (tertiary alicyclic amines) is 1. The van der Waals surface area contributed by atoms with Gasteiger partial charge in [-0.15, -0.1) is 0 Å². The summed E-state index contributed by atoms with van der Waals surface area (Å²) in [7, 11) is 1.80. The molecule has 1 unspecified atom stereocenters. The van der Waals surface area contributed by atoms with E-state index in [9.17, 15) is 9.18 Å². The number of nitrogens with zero attached hydrogens (tertiary/aromatic N) is 3. The summed E-state index contributed by atoms with van der Waals surface area (Å²) in [5.41, 5.74) is 2.57. The van der Waals surface area contributed by atoms with Crippen LogP contribution in [0.25, 0.3) is 10.9 Å². The molecule has 1 saturated heterocycles. The number of aryl methyl sites for hydroxylation is 1. The van der Waals surface area contributed by atoms with Gasteiger partial charge in [0, 0.05) is 38.1 Å². The Bertz CT molecular complexity index is 950. The fourth-order valence-electron chi connectivity index (χ4n) is 3.76. The van der Waals surface area contributed by atoms with Crippen molar-refractivity contribution in [3.05, 3.63) is 65.6 Å². The lowest BCUT2D eigenvalue weighted by atomic mass is 10.1. The molecule has 1 N–H and O–H groups in total. The van der Waals surface area contributed by atoms with Gasteiger partial charge in [-0.2, -0.15) is 5.10 Å². The van der Waals surface area contributed by atoms with Gasteiger partial charge in [0.15, 0.2) is 0 Å². The van der Waals surface area contributed by atoms with Crippen molar-refractivity contribution in [2.75, 3.05) is 19.6 Å². The number of hydrogen-bond donors (Lipinski definition) is 1. The van der Waals surface area contributed by atoms with Crippen molar-refractivity contribution in [2.45, 2.75) is 18.9 Å². The van der Waals surface area contributed by atoms with E-state index in [2.05, 4.69) is 15.3 Å². The molecule has 0 aliphatic carbocycles. The SMILES string of the molecule is Cn1nc2ccccc2c1C(=O)NC1CCN(CCc2ccc(F)cc2)C1. The number of carbonyl (C=O) groups is 1. The highest BCUT2D eigenvalue weighted by atomic mass is 19.1. The van der Waals surface area contributed by atoms with Gasteiger partial charge in [0.1, 0.15) is 11.5 Å². The molecule has 1 fully saturated rings. The Kier molecular flexibility index (Phi) is 4.90. The molecule has 1 amide bonds. The third-order valence-electron chi connectivity index (χ3n) is 5.19. The van der Waals surface area contributed by atoms with E-state index in [-0.39, 0.29) is 17.8 Å². The van der Waals surface area contributed by atoms with Gasteiger partial charge in [-0.25, -0.2) is 4.39 Å². The average Bonchev–Trinajstić information content (AvgIpc) is 3.24. The molecule has 1 aliphatic heterocycles. The van der Waals surface area contributed by atoms with E-state index in [4.69, 9.17) is 0 Å². The van der Waals surface area contributed by atoms with Crippen LogP contribution in [0.3, 0.4) is 0 Å². The second-order valence-corrected chi connectivity index (χ2v) is 7.13. The van der Waals surface area contributed by atoms with Crippen LogP contribution in [0.2, 0.25) is 0 Å². The smallest absolute Gasteiger partial charge is 0.270 e. The zero-order valence-corrected chi connectivity index (χ0v) is 15.4. The first-order chi connectivity index (χ1) is 13.1. The number of aromatic nitrogens is 2. The maximum Gasteiger partial charge on any atom is 0.270 e. The molecular formula is C21H23FN4O. The van der Waals surface area contributed by atoms with Gasteiger partial charge in [0.2, 0.25) is 0 Å². The molecule has 6 heteroatoms. The molecule has 0 radical (unpaired) electrons. The molecule has 1 aliphatic rings. The van der Waals surface area contributed by atoms with Crippen LogP contribution in [0.4, 0.5) is 4.39 Å². The number of benzene rings is 2. The van der Waals surface area contributed by atoms with Gasteiger partial charge in [0.25, 0.3) is 5.91 Å². The van der Waals surface area contributed by atoms with Crippen LogP contribution >= 0.6 is 0 Å². The number of rotatable bonds is 5. The predicted octanol–water partition coefficient (Wildman–Crippen LogP) is 2.76. The molecule has 5 nitrogen and oxygen atoms in total. The number of fused-ring (bicyclic) bond motifs is 1. The average molecular weight is 366 g/mol. The highest BCUT2D eigenvalue weighted by molar-refractivity contribution is 6.05. The minimum absolute atomic E-state index is 0.0726. The zero-order valence-electron chi connectivity index (χ0n) is 15.4. The third-order valence-corrected chi connectivity index (χ3v) is 5.19. The van der Waals surface area contributed by atoms with Crippen molar-refractivity contribution in [3.8, 4) is 0 Å². The van der Waals surface area contributed by atoms with Crippen molar-refractivity contribution in [1.29, 1.82) is 0 Å². The summed E-state index contributed by atoms with van der Waals surface area (Å²) in [6.45, 7) is 2.70. The quantitative estimate of drug-likeness (QED) is 0.755. The lowest BCUT2D eigenvalue weighted by molar-refractivity contribution is 0.0930. The fraction of sp³-hybridized carbons (Fsp3) is 0.333. The van der Waals surface area contributed by atoms with E-state index in [1.54, 1.807) is 11.7 Å². The van der Waals surface area contributed by atoms with E-state index >= 15 is 0 Å². The minimum atomic E-state index is -0.203. The van der Waals surface area contributed by atoms with Crippen molar-refractivity contribution in [3.63, 3.8) is 0 Å². The molecule has 2 aromatic carbocycles. The van der Waals surface area contributed by atoms with Crippen LogP contribution in [0.1, 0.15) is 22.5 Å². The number of carbonyl (C=O) groups excluding carboxylic acids is 1. The third kappa shape index (κ3) is 3.85. The minimum Gasteiger partial charge on any atom is -0.347 e. The van der Waals surface area contributed by atoms with Crippen LogP contribution in [0.5, 0.6) is 0 Å². The highest BCUT2D eigenvalue weighted by Gasteiger charge is 2.25. The summed E-state index contributed by atoms with van der Waals surface area (Å²) >= 11 is 0. The summed E-state index contributed by atoms with van der Waals surface area (Å²) < 4.78 is 14.6. The summed E-state index contributed by atoms with van der Waals surface area (Å²) in [6.07, 6.45) is 1.82. The van der Waals surface area contributed by atoms with Gasteiger partial charge < -0.3 is 10.2 Å². The Morgan fingerprint density at radius 2 is 2.00 bits per heavy atom. The van der Waals surface area contributed by atoms with Crippen LogP contribution in [-0.4, -0.2) is 46.3 Å². The van der Waals surface area contributed by atoms with E-state index in [1.807, 2.05) is 36.4 Å². The fourth-order valence-corrected chi connectivity index (χ4v) is 3.76. The summed E-state index contributed by atoms with van der Waals surface area (Å²) in [5, 5.41) is 8.45. The second kappa shape index (κ2) is 7.48. The molecular weight excluding hydrogens is 343 g/mol. The van der Waals surface area contributed by atoms with E-state index in [1.165, 1.54) is 12.1 Å². The van der Waals surface area contributed by atoms with Gasteiger partial charge in [-0.1, -0.05) is 30.3 Å².